The molecule has 1 aromatic carbocycles. The highest BCUT2D eigenvalue weighted by molar-refractivity contribution is 9.11. The molecule has 1 rings (SSSR count). The smallest absolute Gasteiger partial charge is 0.165 e. The van der Waals surface area contributed by atoms with Crippen molar-refractivity contribution in [3.05, 3.63) is 34.9 Å². The van der Waals surface area contributed by atoms with Crippen LogP contribution in [0.1, 0.15) is 18.6 Å². The van der Waals surface area contributed by atoms with E-state index in [9.17, 15) is 13.5 Å². The zero-order valence-corrected chi connectivity index (χ0v) is 12.0. The van der Waals surface area contributed by atoms with Gasteiger partial charge in [-0.15, -0.1) is 0 Å². The lowest BCUT2D eigenvalue weighted by Gasteiger charge is -2.26. The normalized spacial score (nSPS) is 17.8. The lowest BCUT2D eigenvalue weighted by molar-refractivity contribution is 0.168. The van der Waals surface area contributed by atoms with E-state index in [4.69, 9.17) is 11.6 Å². The molecule has 0 spiro atoms. The summed E-state index contributed by atoms with van der Waals surface area (Å²) in [6, 6.07) is 6.48. The molecule has 0 saturated heterocycles. The Morgan fingerprint density at radius 1 is 1.50 bits per heavy atom. The van der Waals surface area contributed by atoms with Crippen molar-refractivity contribution < 1.29 is 13.5 Å². The zero-order chi connectivity index (χ0) is 12.6. The molecule has 16 heavy (non-hydrogen) atoms. The Morgan fingerprint density at radius 3 is 2.50 bits per heavy atom. The van der Waals surface area contributed by atoms with Gasteiger partial charge in [0.15, 0.2) is 13.5 Å². The fourth-order valence-electron chi connectivity index (χ4n) is 1.18. The first-order valence-corrected chi connectivity index (χ1v) is 7.54. The van der Waals surface area contributed by atoms with Crippen LogP contribution in [0.2, 0.25) is 5.02 Å². The first kappa shape index (κ1) is 14.0. The van der Waals surface area contributed by atoms with E-state index in [0.717, 1.165) is 6.26 Å². The van der Waals surface area contributed by atoms with Crippen LogP contribution in [0.5, 0.6) is 0 Å². The maximum absolute atomic E-state index is 11.5. The number of benzene rings is 1. The predicted molar refractivity (Wildman–Crippen MR) is 68.6 cm³/mol. The highest BCUT2D eigenvalue weighted by Crippen LogP contribution is 2.38. The predicted octanol–water partition coefficient (Wildman–Crippen LogP) is 2.53. The van der Waals surface area contributed by atoms with E-state index >= 15 is 0 Å². The minimum atomic E-state index is -3.44. The Labute approximate surface area is 108 Å². The van der Waals surface area contributed by atoms with Crippen molar-refractivity contribution in [1.29, 1.82) is 0 Å². The molecule has 0 bridgehead atoms. The molecule has 90 valence electrons. The second kappa shape index (κ2) is 4.64. The average molecular weight is 328 g/mol. The quantitative estimate of drug-likeness (QED) is 0.868. The Hall–Kier alpha value is -0.100. The van der Waals surface area contributed by atoms with Gasteiger partial charge in [0.05, 0.1) is 0 Å². The van der Waals surface area contributed by atoms with Crippen LogP contribution in [-0.4, -0.2) is 23.4 Å². The van der Waals surface area contributed by atoms with Crippen molar-refractivity contribution in [3.63, 3.8) is 0 Å². The van der Waals surface area contributed by atoms with Crippen molar-refractivity contribution in [2.45, 2.75) is 16.7 Å². The van der Waals surface area contributed by atoms with Gasteiger partial charge in [-0.1, -0.05) is 39.7 Å². The zero-order valence-electron chi connectivity index (χ0n) is 8.81. The van der Waals surface area contributed by atoms with Gasteiger partial charge >= 0.3 is 0 Å². The summed E-state index contributed by atoms with van der Waals surface area (Å²) in [7, 11) is -3.44. The molecular weight excluding hydrogens is 316 g/mol. The molecule has 1 aromatic rings. The third-order valence-corrected chi connectivity index (χ3v) is 6.48. The Balaban J connectivity index is 3.17. The van der Waals surface area contributed by atoms with Crippen LogP contribution in [0.25, 0.3) is 0 Å². The Kier molecular flexibility index (Phi) is 4.05. The first-order chi connectivity index (χ1) is 7.16. The summed E-state index contributed by atoms with van der Waals surface area (Å²) in [4.78, 5) is 0. The second-order valence-corrected chi connectivity index (χ2v) is 8.72. The number of halogens is 2. The molecule has 6 heteroatoms. The number of aliphatic hydroxyl groups is 1. The monoisotopic (exact) mass is 326 g/mol. The van der Waals surface area contributed by atoms with Crippen LogP contribution in [-0.2, 0) is 9.84 Å². The topological polar surface area (TPSA) is 54.4 Å². The number of sulfone groups is 1. The highest BCUT2D eigenvalue weighted by atomic mass is 79.9. The number of rotatable bonds is 3. The van der Waals surface area contributed by atoms with E-state index in [1.165, 1.54) is 13.0 Å². The van der Waals surface area contributed by atoms with Crippen LogP contribution >= 0.6 is 27.5 Å². The molecule has 0 aliphatic rings. The molecule has 0 aliphatic heterocycles. The molecule has 0 fully saturated rings. The van der Waals surface area contributed by atoms with Crippen molar-refractivity contribution >= 4 is 37.4 Å². The molecule has 2 atom stereocenters. The maximum atomic E-state index is 11.5. The summed E-state index contributed by atoms with van der Waals surface area (Å²) >= 11 is 8.83. The summed E-state index contributed by atoms with van der Waals surface area (Å²) < 4.78 is 21.6. The number of aliphatic hydroxyl groups excluding tert-OH is 1. The molecule has 1 N–H and O–H groups in total. The van der Waals surface area contributed by atoms with E-state index in [-0.39, 0.29) is 0 Å². The largest absolute Gasteiger partial charge is 0.386 e. The fourth-order valence-corrected chi connectivity index (χ4v) is 2.18. The highest BCUT2D eigenvalue weighted by Gasteiger charge is 2.41. The summed E-state index contributed by atoms with van der Waals surface area (Å²) in [6.45, 7) is 1.41. The van der Waals surface area contributed by atoms with Crippen molar-refractivity contribution in [2.75, 3.05) is 6.26 Å². The SMILES string of the molecule is C[C@@](Br)([C@H](O)c1cccc(Cl)c1)S(C)(=O)=O. The van der Waals surface area contributed by atoms with E-state index < -0.39 is 19.6 Å². The van der Waals surface area contributed by atoms with Crippen molar-refractivity contribution in [2.24, 2.45) is 0 Å². The van der Waals surface area contributed by atoms with E-state index in [2.05, 4.69) is 15.9 Å². The minimum Gasteiger partial charge on any atom is -0.386 e. The van der Waals surface area contributed by atoms with Gasteiger partial charge in [-0.3, -0.25) is 0 Å². The lowest BCUT2D eigenvalue weighted by Crippen LogP contribution is -2.34. The van der Waals surface area contributed by atoms with Crippen LogP contribution in [0.4, 0.5) is 0 Å². The van der Waals surface area contributed by atoms with E-state index in [0.29, 0.717) is 10.6 Å². The van der Waals surface area contributed by atoms with Crippen LogP contribution in [0.15, 0.2) is 24.3 Å². The van der Waals surface area contributed by atoms with Gasteiger partial charge in [0, 0.05) is 11.3 Å². The van der Waals surface area contributed by atoms with E-state index in [1.807, 2.05) is 0 Å². The van der Waals surface area contributed by atoms with Gasteiger partial charge in [0.25, 0.3) is 0 Å². The number of hydrogen-bond acceptors (Lipinski definition) is 3. The fraction of sp³-hybridized carbons (Fsp3) is 0.400. The number of alkyl halides is 1. The van der Waals surface area contributed by atoms with Gasteiger partial charge in [0.1, 0.15) is 6.10 Å². The molecule has 0 amide bonds. The van der Waals surface area contributed by atoms with Crippen molar-refractivity contribution in [3.8, 4) is 0 Å². The molecule has 0 radical (unpaired) electrons. The third-order valence-electron chi connectivity index (χ3n) is 2.38. The van der Waals surface area contributed by atoms with Crippen LogP contribution < -0.4 is 0 Å². The second-order valence-electron chi connectivity index (χ2n) is 3.72. The van der Waals surface area contributed by atoms with Gasteiger partial charge in [0.2, 0.25) is 0 Å². The van der Waals surface area contributed by atoms with Crippen LogP contribution in [0.3, 0.4) is 0 Å². The standard InChI is InChI=1S/C10H12BrClO3S/c1-10(11,16(2,14)15)9(13)7-4-3-5-8(12)6-7/h3-6,9,13H,1-2H3/t9-,10+/m1/s1. The molecule has 0 heterocycles. The summed E-state index contributed by atoms with van der Waals surface area (Å²) in [5, 5.41) is 10.5. The number of hydrogen-bond donors (Lipinski definition) is 1. The molecule has 0 unspecified atom stereocenters. The molecule has 3 nitrogen and oxygen atoms in total. The Bertz CT molecular complexity index is 485. The minimum absolute atomic E-state index is 0.452. The average Bonchev–Trinajstić information content (AvgIpc) is 2.14. The summed E-state index contributed by atoms with van der Waals surface area (Å²) in [6.07, 6.45) is -0.114. The molecule has 0 aliphatic carbocycles. The Morgan fingerprint density at radius 2 is 2.06 bits per heavy atom. The van der Waals surface area contributed by atoms with Gasteiger partial charge < -0.3 is 5.11 Å². The van der Waals surface area contributed by atoms with Gasteiger partial charge in [-0.25, -0.2) is 8.42 Å². The molecule has 0 saturated carbocycles. The summed E-state index contributed by atoms with van der Waals surface area (Å²) in [5.41, 5.74) is 0.456. The van der Waals surface area contributed by atoms with Gasteiger partial charge in [-0.2, -0.15) is 0 Å². The van der Waals surface area contributed by atoms with E-state index in [1.54, 1.807) is 18.2 Å². The van der Waals surface area contributed by atoms with Crippen LogP contribution in [0, 0.1) is 0 Å². The molecule has 0 aromatic heterocycles. The van der Waals surface area contributed by atoms with Crippen molar-refractivity contribution in [1.82, 2.24) is 0 Å². The summed E-state index contributed by atoms with van der Waals surface area (Å²) in [5.74, 6) is 0. The molecular formula is C10H12BrClO3S. The third kappa shape index (κ3) is 2.77. The first-order valence-electron chi connectivity index (χ1n) is 4.48. The lowest BCUT2D eigenvalue weighted by atomic mass is 10.1. The van der Waals surface area contributed by atoms with Gasteiger partial charge in [-0.05, 0) is 24.6 Å². The maximum Gasteiger partial charge on any atom is 0.165 e.